The van der Waals surface area contributed by atoms with Gasteiger partial charge < -0.3 is 19.7 Å². The number of carbonyl (C=O) groups is 3. The summed E-state index contributed by atoms with van der Waals surface area (Å²) in [5, 5.41) is 2.83. The van der Waals surface area contributed by atoms with Gasteiger partial charge in [-0.25, -0.2) is 0 Å². The van der Waals surface area contributed by atoms with E-state index in [4.69, 9.17) is 32.7 Å². The topological polar surface area (TPSA) is 84.9 Å². The zero-order valence-electron chi connectivity index (χ0n) is 24.6. The van der Waals surface area contributed by atoms with Crippen LogP contribution in [-0.4, -0.2) is 59.5 Å². The van der Waals surface area contributed by atoms with Crippen LogP contribution in [0.25, 0.3) is 0 Å². The number of hydrogen-bond acceptors (Lipinski definition) is 5. The van der Waals surface area contributed by atoms with Crippen molar-refractivity contribution in [3.8, 4) is 5.75 Å². The van der Waals surface area contributed by atoms with E-state index < -0.39 is 54.0 Å². The molecule has 1 fully saturated rings. The zero-order valence-corrected chi connectivity index (χ0v) is 26.1. The molecule has 1 N–H and O–H groups in total. The molecule has 240 valence electrons. The minimum atomic E-state index is -5.15. The van der Waals surface area contributed by atoms with E-state index in [1.165, 1.54) is 36.9 Å². The molecule has 1 heterocycles. The monoisotopic (exact) mass is 664 g/mol. The van der Waals surface area contributed by atoms with E-state index in [2.05, 4.69) is 5.32 Å². The van der Waals surface area contributed by atoms with Crippen LogP contribution >= 0.6 is 23.2 Å². The SMILES string of the molecule is CC(C)[C@H](NC(=O)[C@@H]1C[C@@H](OCc2ccccc2)CN1C(=O)[C@@H](Cc1ccccc1)Oc1cc(Cl)cc(Cl)c1)C(=O)C(F)(F)F. The first-order chi connectivity index (χ1) is 21.3. The summed E-state index contributed by atoms with van der Waals surface area (Å²) in [5.41, 5.74) is 1.62. The lowest BCUT2D eigenvalue weighted by atomic mass is 9.98. The second-order valence-electron chi connectivity index (χ2n) is 11.2. The number of amides is 2. The van der Waals surface area contributed by atoms with E-state index >= 15 is 0 Å². The van der Waals surface area contributed by atoms with Gasteiger partial charge in [-0.15, -0.1) is 0 Å². The molecule has 12 heteroatoms. The highest BCUT2D eigenvalue weighted by atomic mass is 35.5. The number of carbonyl (C=O) groups excluding carboxylic acids is 3. The van der Waals surface area contributed by atoms with Crippen molar-refractivity contribution in [3.05, 3.63) is 100 Å². The molecule has 1 saturated heterocycles. The lowest BCUT2D eigenvalue weighted by Crippen LogP contribution is -2.56. The van der Waals surface area contributed by atoms with Crippen molar-refractivity contribution in [2.24, 2.45) is 5.92 Å². The predicted octanol–water partition coefficient (Wildman–Crippen LogP) is 6.44. The van der Waals surface area contributed by atoms with E-state index in [0.717, 1.165) is 11.1 Å². The van der Waals surface area contributed by atoms with E-state index in [-0.39, 0.29) is 41.8 Å². The molecule has 0 aromatic heterocycles. The Morgan fingerprint density at radius 3 is 2.07 bits per heavy atom. The maximum Gasteiger partial charge on any atom is 0.452 e. The summed E-state index contributed by atoms with van der Waals surface area (Å²) in [5.74, 6) is -4.20. The molecule has 0 radical (unpaired) electrons. The lowest BCUT2D eigenvalue weighted by molar-refractivity contribution is -0.175. The van der Waals surface area contributed by atoms with Crippen molar-refractivity contribution in [2.75, 3.05) is 6.54 Å². The van der Waals surface area contributed by atoms with Crippen molar-refractivity contribution >= 4 is 40.8 Å². The van der Waals surface area contributed by atoms with Crippen molar-refractivity contribution in [1.82, 2.24) is 10.2 Å². The summed E-state index contributed by atoms with van der Waals surface area (Å²) in [6.45, 7) is 2.96. The fourth-order valence-corrected chi connectivity index (χ4v) is 5.62. The zero-order chi connectivity index (χ0) is 32.7. The number of ether oxygens (including phenoxy) is 2. The molecule has 0 spiro atoms. The molecule has 3 aromatic rings. The van der Waals surface area contributed by atoms with Crippen molar-refractivity contribution in [1.29, 1.82) is 0 Å². The van der Waals surface area contributed by atoms with E-state index in [0.29, 0.717) is 0 Å². The quantitative estimate of drug-likeness (QED) is 0.241. The standard InChI is InChI=1S/C33H33Cl2F3N2O5/c1-20(2)29(30(41)33(36,37)38)39-31(42)27-17-26(44-19-22-11-7-4-8-12-22)18-40(27)32(43)28(13-21-9-5-3-6-10-21)45-25-15-23(34)14-24(35)16-25/h3-12,14-16,20,26-29H,13,17-19H2,1-2H3,(H,39,42)/t26-,27+,28-,29+/m1/s1. The number of ketones is 1. The minimum absolute atomic E-state index is 0.00349. The summed E-state index contributed by atoms with van der Waals surface area (Å²) in [6, 6.07) is 19.7. The molecule has 0 unspecified atom stereocenters. The van der Waals surface area contributed by atoms with Gasteiger partial charge in [-0.2, -0.15) is 13.2 Å². The van der Waals surface area contributed by atoms with Crippen LogP contribution < -0.4 is 10.1 Å². The predicted molar refractivity (Wildman–Crippen MR) is 164 cm³/mol. The fourth-order valence-electron chi connectivity index (χ4n) is 5.11. The molecule has 0 aliphatic carbocycles. The molecular weight excluding hydrogens is 632 g/mol. The van der Waals surface area contributed by atoms with Gasteiger partial charge in [0.15, 0.2) is 6.10 Å². The van der Waals surface area contributed by atoms with E-state index in [1.807, 2.05) is 48.5 Å². The molecule has 4 rings (SSSR count). The van der Waals surface area contributed by atoms with Crippen LogP contribution in [0.3, 0.4) is 0 Å². The highest BCUT2D eigenvalue weighted by molar-refractivity contribution is 6.34. The van der Waals surface area contributed by atoms with E-state index in [1.54, 1.807) is 12.1 Å². The summed E-state index contributed by atoms with van der Waals surface area (Å²) in [7, 11) is 0. The molecule has 4 atom stereocenters. The summed E-state index contributed by atoms with van der Waals surface area (Å²) >= 11 is 12.3. The minimum Gasteiger partial charge on any atom is -0.480 e. The van der Waals surface area contributed by atoms with Gasteiger partial charge in [-0.3, -0.25) is 14.4 Å². The normalized spacial score (nSPS) is 18.0. The van der Waals surface area contributed by atoms with Gasteiger partial charge in [0.2, 0.25) is 5.91 Å². The Morgan fingerprint density at radius 2 is 1.51 bits per heavy atom. The molecule has 7 nitrogen and oxygen atoms in total. The average molecular weight is 666 g/mol. The Kier molecular flexibility index (Phi) is 11.5. The number of Topliss-reactive ketones (excluding diaryl/α,β-unsaturated/α-hetero) is 1. The van der Waals surface area contributed by atoms with E-state index in [9.17, 15) is 27.6 Å². The Labute approximate surface area is 269 Å². The molecule has 2 amide bonds. The van der Waals surface area contributed by atoms with Crippen LogP contribution in [0.15, 0.2) is 78.9 Å². The number of likely N-dealkylation sites (tertiary alicyclic amines) is 1. The van der Waals surface area contributed by atoms with Crippen molar-refractivity contribution < 1.29 is 37.0 Å². The first-order valence-corrected chi connectivity index (χ1v) is 15.1. The Hall–Kier alpha value is -3.60. The van der Waals surface area contributed by atoms with Gasteiger partial charge in [-0.05, 0) is 35.2 Å². The number of hydrogen-bond donors (Lipinski definition) is 1. The number of alkyl halides is 3. The first kappa shape index (κ1) is 34.3. The van der Waals surface area contributed by atoms with Crippen LogP contribution in [0.4, 0.5) is 13.2 Å². The average Bonchev–Trinajstić information content (AvgIpc) is 3.42. The molecule has 1 aliphatic heterocycles. The van der Waals surface area contributed by atoms with Crippen LogP contribution in [0, 0.1) is 5.92 Å². The van der Waals surface area contributed by atoms with Crippen LogP contribution in [0.2, 0.25) is 10.0 Å². The second kappa shape index (κ2) is 15.1. The number of halogens is 5. The number of rotatable bonds is 12. The number of nitrogens with zero attached hydrogens (tertiary/aromatic N) is 1. The van der Waals surface area contributed by atoms with Gasteiger partial charge >= 0.3 is 6.18 Å². The summed E-state index contributed by atoms with van der Waals surface area (Å²) in [4.78, 5) is 41.3. The van der Waals surface area contributed by atoms with Crippen molar-refractivity contribution in [2.45, 2.75) is 63.8 Å². The lowest BCUT2D eigenvalue weighted by Gasteiger charge is -2.30. The number of benzene rings is 3. The largest absolute Gasteiger partial charge is 0.480 e. The van der Waals surface area contributed by atoms with Gasteiger partial charge in [0.05, 0.1) is 18.8 Å². The Morgan fingerprint density at radius 1 is 0.933 bits per heavy atom. The highest BCUT2D eigenvalue weighted by Gasteiger charge is 2.48. The molecule has 45 heavy (non-hydrogen) atoms. The van der Waals surface area contributed by atoms with Crippen LogP contribution in [0.1, 0.15) is 31.4 Å². The van der Waals surface area contributed by atoms with Crippen molar-refractivity contribution in [3.63, 3.8) is 0 Å². The van der Waals surface area contributed by atoms with Gasteiger partial charge in [-0.1, -0.05) is 97.7 Å². The maximum atomic E-state index is 14.2. The maximum absolute atomic E-state index is 14.2. The first-order valence-electron chi connectivity index (χ1n) is 14.4. The van der Waals surface area contributed by atoms with Gasteiger partial charge in [0.25, 0.3) is 11.7 Å². The third kappa shape index (κ3) is 9.45. The molecular formula is C33H33Cl2F3N2O5. The summed E-state index contributed by atoms with van der Waals surface area (Å²) in [6.07, 6.45) is -6.84. The highest BCUT2D eigenvalue weighted by Crippen LogP contribution is 2.29. The fraction of sp³-hybridized carbons (Fsp3) is 0.364. The Bertz CT molecular complexity index is 1450. The molecule has 0 saturated carbocycles. The van der Waals surface area contributed by atoms with Gasteiger partial charge in [0, 0.05) is 29.4 Å². The van der Waals surface area contributed by atoms with Crippen LogP contribution in [0.5, 0.6) is 5.75 Å². The smallest absolute Gasteiger partial charge is 0.452 e. The molecule has 1 aliphatic rings. The molecule has 3 aromatic carbocycles. The summed E-state index contributed by atoms with van der Waals surface area (Å²) < 4.78 is 52.3. The third-order valence-electron chi connectivity index (χ3n) is 7.36. The third-order valence-corrected chi connectivity index (χ3v) is 7.79. The number of nitrogens with one attached hydrogen (secondary N) is 1. The second-order valence-corrected chi connectivity index (χ2v) is 12.0. The van der Waals surface area contributed by atoms with Crippen LogP contribution in [-0.2, 0) is 32.1 Å². The van der Waals surface area contributed by atoms with Gasteiger partial charge in [0.1, 0.15) is 11.8 Å². The Balaban J connectivity index is 1.63. The molecule has 0 bridgehead atoms.